The smallest absolute Gasteiger partial charge is 0.227 e. The molecule has 0 saturated carbocycles. The first-order valence-corrected chi connectivity index (χ1v) is 9.68. The van der Waals surface area contributed by atoms with Crippen LogP contribution >= 0.6 is 0 Å². The minimum Gasteiger partial charge on any atom is -0.357 e. The van der Waals surface area contributed by atoms with Crippen LogP contribution in [0, 0.1) is 11.3 Å². The highest BCUT2D eigenvalue weighted by molar-refractivity contribution is 5.83. The van der Waals surface area contributed by atoms with Crippen molar-refractivity contribution in [2.45, 2.75) is 47.1 Å². The Bertz CT molecular complexity index is 595. The number of aliphatic imine (C=N–C) groups is 1. The van der Waals surface area contributed by atoms with Gasteiger partial charge < -0.3 is 20.1 Å². The monoisotopic (exact) mass is 362 g/mol. The third-order valence-corrected chi connectivity index (χ3v) is 5.04. The number of hydrogen-bond acceptors (Lipinski definition) is 3. The number of nitrogens with zero attached hydrogens (tertiary/aromatic N) is 4. The van der Waals surface area contributed by atoms with Crippen LogP contribution in [0.25, 0.3) is 0 Å². The molecule has 2 heterocycles. The first-order valence-electron chi connectivity index (χ1n) is 9.68. The number of imidazole rings is 1. The summed E-state index contributed by atoms with van der Waals surface area (Å²) >= 11 is 0. The van der Waals surface area contributed by atoms with E-state index < -0.39 is 5.41 Å². The highest BCUT2D eigenvalue weighted by atomic mass is 16.2. The standard InChI is InChI=1S/C19H34N6O/c1-6-21-17(26)19(4,5)13-23-18(22-7-2)24-10-8-15(3)16(12-24)25-11-9-20-14-25/h9,11,14-16H,6-8,10,12-13H2,1-5H3,(H,21,26)(H,22,23). The Labute approximate surface area is 157 Å². The number of aromatic nitrogens is 2. The Balaban J connectivity index is 2.11. The fraction of sp³-hybridized carbons (Fsp3) is 0.737. The van der Waals surface area contributed by atoms with Crippen LogP contribution in [-0.2, 0) is 4.79 Å². The molecule has 26 heavy (non-hydrogen) atoms. The SMILES string of the molecule is CCNC(=O)C(C)(C)CN=C(NCC)N1CCC(C)C(n2ccnc2)C1. The second-order valence-electron chi connectivity index (χ2n) is 7.70. The Morgan fingerprint density at radius 3 is 2.65 bits per heavy atom. The van der Waals surface area contributed by atoms with Gasteiger partial charge in [0.25, 0.3) is 0 Å². The van der Waals surface area contributed by atoms with E-state index in [1.807, 2.05) is 39.5 Å². The average molecular weight is 363 g/mol. The molecule has 2 atom stereocenters. The Morgan fingerprint density at radius 1 is 1.31 bits per heavy atom. The summed E-state index contributed by atoms with van der Waals surface area (Å²) in [7, 11) is 0. The van der Waals surface area contributed by atoms with Crippen molar-refractivity contribution in [2.75, 3.05) is 32.7 Å². The van der Waals surface area contributed by atoms with Crippen LogP contribution in [0.4, 0.5) is 0 Å². The molecule has 0 bridgehead atoms. The minimum absolute atomic E-state index is 0.0446. The van der Waals surface area contributed by atoms with Crippen LogP contribution in [0.2, 0.25) is 0 Å². The summed E-state index contributed by atoms with van der Waals surface area (Å²) in [5.41, 5.74) is -0.524. The number of carbonyl (C=O) groups is 1. The largest absolute Gasteiger partial charge is 0.357 e. The van der Waals surface area contributed by atoms with Crippen molar-refractivity contribution < 1.29 is 4.79 Å². The van der Waals surface area contributed by atoms with Crippen LogP contribution < -0.4 is 10.6 Å². The number of likely N-dealkylation sites (tertiary alicyclic amines) is 1. The lowest BCUT2D eigenvalue weighted by atomic mass is 9.92. The number of nitrogens with one attached hydrogen (secondary N) is 2. The van der Waals surface area contributed by atoms with Crippen LogP contribution in [0.15, 0.2) is 23.7 Å². The van der Waals surface area contributed by atoms with Crippen LogP contribution in [0.1, 0.15) is 47.1 Å². The molecule has 146 valence electrons. The van der Waals surface area contributed by atoms with Gasteiger partial charge in [0, 0.05) is 38.6 Å². The van der Waals surface area contributed by atoms with Gasteiger partial charge >= 0.3 is 0 Å². The Morgan fingerprint density at radius 2 is 2.04 bits per heavy atom. The highest BCUT2D eigenvalue weighted by Gasteiger charge is 2.30. The molecule has 1 aromatic rings. The molecule has 1 fully saturated rings. The van der Waals surface area contributed by atoms with Crippen molar-refractivity contribution in [1.82, 2.24) is 25.1 Å². The van der Waals surface area contributed by atoms with Gasteiger partial charge in [0.1, 0.15) is 0 Å². The molecular weight excluding hydrogens is 328 g/mol. The molecule has 1 aliphatic heterocycles. The lowest BCUT2D eigenvalue weighted by molar-refractivity contribution is -0.128. The zero-order chi connectivity index (χ0) is 19.2. The lowest BCUT2D eigenvalue weighted by Gasteiger charge is -2.39. The molecule has 2 unspecified atom stereocenters. The molecule has 1 amide bonds. The van der Waals surface area contributed by atoms with Gasteiger partial charge in [0.05, 0.1) is 24.3 Å². The summed E-state index contributed by atoms with van der Waals surface area (Å²) in [6, 6.07) is 0.381. The van der Waals surface area contributed by atoms with Crippen molar-refractivity contribution in [3.8, 4) is 0 Å². The van der Waals surface area contributed by atoms with Crippen molar-refractivity contribution in [3.63, 3.8) is 0 Å². The lowest BCUT2D eigenvalue weighted by Crippen LogP contribution is -2.49. The molecule has 7 nitrogen and oxygen atoms in total. The predicted octanol–water partition coefficient (Wildman–Crippen LogP) is 1.89. The van der Waals surface area contributed by atoms with E-state index in [1.54, 1.807) is 0 Å². The molecule has 1 aliphatic rings. The van der Waals surface area contributed by atoms with Gasteiger partial charge in [0.15, 0.2) is 5.96 Å². The van der Waals surface area contributed by atoms with Gasteiger partial charge in [-0.15, -0.1) is 0 Å². The van der Waals surface area contributed by atoms with Crippen molar-refractivity contribution in [2.24, 2.45) is 16.3 Å². The fourth-order valence-electron chi connectivity index (χ4n) is 3.26. The normalized spacial score (nSPS) is 21.6. The summed E-state index contributed by atoms with van der Waals surface area (Å²) < 4.78 is 2.19. The Kier molecular flexibility index (Phi) is 7.06. The quantitative estimate of drug-likeness (QED) is 0.599. The molecular formula is C19H34N6O. The van der Waals surface area contributed by atoms with E-state index in [9.17, 15) is 4.79 Å². The molecule has 0 radical (unpaired) electrons. The third-order valence-electron chi connectivity index (χ3n) is 5.04. The van der Waals surface area contributed by atoms with E-state index in [4.69, 9.17) is 4.99 Å². The zero-order valence-corrected chi connectivity index (χ0v) is 16.8. The van der Waals surface area contributed by atoms with E-state index >= 15 is 0 Å². The van der Waals surface area contributed by atoms with Crippen LogP contribution in [0.3, 0.4) is 0 Å². The molecule has 0 aliphatic carbocycles. The van der Waals surface area contributed by atoms with Gasteiger partial charge in [-0.3, -0.25) is 9.79 Å². The van der Waals surface area contributed by atoms with Gasteiger partial charge in [-0.1, -0.05) is 6.92 Å². The van der Waals surface area contributed by atoms with E-state index in [0.717, 1.165) is 32.0 Å². The number of guanidine groups is 1. The average Bonchev–Trinajstić information content (AvgIpc) is 3.14. The van der Waals surface area contributed by atoms with Gasteiger partial charge in [-0.05, 0) is 40.0 Å². The van der Waals surface area contributed by atoms with Gasteiger partial charge in [0.2, 0.25) is 5.91 Å². The third kappa shape index (κ3) is 4.99. The molecule has 2 rings (SSSR count). The van der Waals surface area contributed by atoms with E-state index in [0.29, 0.717) is 25.0 Å². The maximum atomic E-state index is 12.2. The number of piperidine rings is 1. The van der Waals surface area contributed by atoms with Gasteiger partial charge in [-0.2, -0.15) is 0 Å². The molecule has 0 spiro atoms. The summed E-state index contributed by atoms with van der Waals surface area (Å²) in [6.07, 6.45) is 6.87. The van der Waals surface area contributed by atoms with E-state index in [-0.39, 0.29) is 5.91 Å². The first-order chi connectivity index (χ1) is 12.4. The highest BCUT2D eigenvalue weighted by Crippen LogP contribution is 2.27. The second kappa shape index (κ2) is 9.05. The minimum atomic E-state index is -0.524. The second-order valence-corrected chi connectivity index (χ2v) is 7.70. The predicted molar refractivity (Wildman–Crippen MR) is 105 cm³/mol. The Hall–Kier alpha value is -2.05. The van der Waals surface area contributed by atoms with E-state index in [1.165, 1.54) is 0 Å². The summed E-state index contributed by atoms with van der Waals surface area (Å²) in [6.45, 7) is 14.0. The summed E-state index contributed by atoms with van der Waals surface area (Å²) in [5.74, 6) is 1.53. The summed E-state index contributed by atoms with van der Waals surface area (Å²) in [5, 5.41) is 6.30. The molecule has 1 aromatic heterocycles. The fourth-order valence-corrected chi connectivity index (χ4v) is 3.26. The molecule has 0 aromatic carbocycles. The molecule has 2 N–H and O–H groups in total. The topological polar surface area (TPSA) is 74.6 Å². The molecule has 1 saturated heterocycles. The summed E-state index contributed by atoms with van der Waals surface area (Å²) in [4.78, 5) is 23.5. The number of carbonyl (C=O) groups excluding carboxylic acids is 1. The van der Waals surface area contributed by atoms with Crippen molar-refractivity contribution in [1.29, 1.82) is 0 Å². The number of rotatable bonds is 6. The molecule has 7 heteroatoms. The maximum Gasteiger partial charge on any atom is 0.227 e. The maximum absolute atomic E-state index is 12.2. The first kappa shape index (κ1) is 20.3. The van der Waals surface area contributed by atoms with Crippen molar-refractivity contribution in [3.05, 3.63) is 18.7 Å². The van der Waals surface area contributed by atoms with E-state index in [2.05, 4.69) is 38.9 Å². The van der Waals surface area contributed by atoms with Crippen LogP contribution in [-0.4, -0.2) is 59.0 Å². The van der Waals surface area contributed by atoms with Crippen molar-refractivity contribution >= 4 is 11.9 Å². The number of amides is 1. The van der Waals surface area contributed by atoms with Crippen LogP contribution in [0.5, 0.6) is 0 Å². The van der Waals surface area contributed by atoms with Gasteiger partial charge in [-0.25, -0.2) is 4.98 Å². The number of hydrogen-bond donors (Lipinski definition) is 2. The zero-order valence-electron chi connectivity index (χ0n) is 16.8.